The predicted molar refractivity (Wildman–Crippen MR) is 113 cm³/mol. The van der Waals surface area contributed by atoms with Gasteiger partial charge in [0.15, 0.2) is 5.54 Å². The minimum Gasteiger partial charge on any atom is -0.508 e. The lowest BCUT2D eigenvalue weighted by Gasteiger charge is -2.40. The standard InChI is InChI=1S/C23H21N5O3/c29-18-6-7-19-20(12-18)26-11-8-23(19)21(30)27(15-17-5-1-2-10-25-17)22(31)28(23)14-16-4-3-9-24-13-16/h1-7,9-10,12-13,26,29H,8,11,14-15H2. The van der Waals surface area contributed by atoms with Crippen LogP contribution in [0.1, 0.15) is 23.2 Å². The number of nitrogens with one attached hydrogen (secondary N) is 1. The van der Waals surface area contributed by atoms with Crippen LogP contribution >= 0.6 is 0 Å². The highest BCUT2D eigenvalue weighted by Crippen LogP contribution is 2.47. The van der Waals surface area contributed by atoms with E-state index < -0.39 is 5.54 Å². The molecule has 4 heterocycles. The van der Waals surface area contributed by atoms with Crippen LogP contribution in [0, 0.1) is 0 Å². The summed E-state index contributed by atoms with van der Waals surface area (Å²) in [5.74, 6) is -0.176. The van der Waals surface area contributed by atoms with Crippen molar-refractivity contribution < 1.29 is 14.7 Å². The van der Waals surface area contributed by atoms with Gasteiger partial charge in [0.1, 0.15) is 5.75 Å². The van der Waals surface area contributed by atoms with E-state index in [-0.39, 0.29) is 30.8 Å². The Labute approximate surface area is 179 Å². The van der Waals surface area contributed by atoms with Crippen LogP contribution in [-0.4, -0.2) is 43.4 Å². The Morgan fingerprint density at radius 2 is 1.97 bits per heavy atom. The molecule has 1 fully saturated rings. The number of fused-ring (bicyclic) bond motifs is 2. The SMILES string of the molecule is O=C1N(Cc2ccccn2)C(=O)C2(CCNc3cc(O)ccc32)N1Cc1cccnc1. The van der Waals surface area contributed by atoms with Gasteiger partial charge in [-0.15, -0.1) is 0 Å². The van der Waals surface area contributed by atoms with Crippen LogP contribution in [0.5, 0.6) is 5.75 Å². The fraction of sp³-hybridized carbons (Fsp3) is 0.217. The van der Waals surface area contributed by atoms with Crippen LogP contribution < -0.4 is 5.32 Å². The third kappa shape index (κ3) is 3.07. The van der Waals surface area contributed by atoms with E-state index in [1.54, 1.807) is 53.8 Å². The smallest absolute Gasteiger partial charge is 0.328 e. The summed E-state index contributed by atoms with van der Waals surface area (Å²) >= 11 is 0. The molecule has 8 heteroatoms. The van der Waals surface area contributed by atoms with Crippen LogP contribution in [0.15, 0.2) is 67.1 Å². The monoisotopic (exact) mass is 415 g/mol. The van der Waals surface area contributed by atoms with E-state index in [0.717, 1.165) is 5.56 Å². The second-order valence-corrected chi connectivity index (χ2v) is 7.71. The van der Waals surface area contributed by atoms with Crippen LogP contribution in [0.2, 0.25) is 0 Å². The lowest BCUT2D eigenvalue weighted by Crippen LogP contribution is -2.50. The third-order valence-electron chi connectivity index (χ3n) is 5.88. The highest BCUT2D eigenvalue weighted by molar-refractivity contribution is 6.08. The molecule has 3 amide bonds. The van der Waals surface area contributed by atoms with Gasteiger partial charge in [-0.25, -0.2) is 4.79 Å². The number of aromatic nitrogens is 2. The molecule has 1 saturated heterocycles. The summed E-state index contributed by atoms with van der Waals surface area (Å²) in [5.41, 5.74) is 1.66. The first kappa shape index (κ1) is 19.0. The summed E-state index contributed by atoms with van der Waals surface area (Å²) in [5, 5.41) is 13.2. The summed E-state index contributed by atoms with van der Waals surface area (Å²) in [6.07, 6.45) is 5.44. The first-order valence-corrected chi connectivity index (χ1v) is 10.1. The van der Waals surface area contributed by atoms with Gasteiger partial charge in [0.25, 0.3) is 5.91 Å². The van der Waals surface area contributed by atoms with Gasteiger partial charge in [0.05, 0.1) is 18.8 Å². The number of carbonyl (C=O) groups excluding carboxylic acids is 2. The molecule has 2 aliphatic heterocycles. The number of amides is 3. The molecule has 156 valence electrons. The largest absolute Gasteiger partial charge is 0.508 e. The van der Waals surface area contributed by atoms with Gasteiger partial charge in [0, 0.05) is 48.9 Å². The summed E-state index contributed by atoms with van der Waals surface area (Å²) in [7, 11) is 0. The van der Waals surface area contributed by atoms with Crippen LogP contribution in [0.3, 0.4) is 0 Å². The average Bonchev–Trinajstić information content (AvgIpc) is 2.97. The molecule has 5 rings (SSSR count). The third-order valence-corrected chi connectivity index (χ3v) is 5.88. The second kappa shape index (κ2) is 7.39. The number of hydrogen-bond donors (Lipinski definition) is 2. The Hall–Kier alpha value is -3.94. The molecular weight excluding hydrogens is 394 g/mol. The van der Waals surface area contributed by atoms with E-state index in [9.17, 15) is 14.7 Å². The van der Waals surface area contributed by atoms with Gasteiger partial charge in [-0.3, -0.25) is 19.7 Å². The minimum atomic E-state index is -1.16. The van der Waals surface area contributed by atoms with E-state index in [0.29, 0.717) is 29.9 Å². The number of aromatic hydroxyl groups is 1. The predicted octanol–water partition coefficient (Wildman–Crippen LogP) is 2.86. The molecule has 31 heavy (non-hydrogen) atoms. The molecule has 0 bridgehead atoms. The normalized spacial score (nSPS) is 20.1. The number of pyridine rings is 2. The molecule has 3 aromatic rings. The van der Waals surface area contributed by atoms with Gasteiger partial charge in [-0.2, -0.15) is 0 Å². The number of phenolic OH excluding ortho intramolecular Hbond substituents is 1. The molecule has 0 radical (unpaired) electrons. The Morgan fingerprint density at radius 3 is 2.74 bits per heavy atom. The van der Waals surface area contributed by atoms with Crippen molar-refractivity contribution in [2.75, 3.05) is 11.9 Å². The maximum atomic E-state index is 13.9. The topological polar surface area (TPSA) is 98.7 Å². The van der Waals surface area contributed by atoms with E-state index >= 15 is 0 Å². The number of urea groups is 1. The summed E-state index contributed by atoms with van der Waals surface area (Å²) in [6, 6.07) is 13.6. The van der Waals surface area contributed by atoms with Crippen molar-refractivity contribution in [1.29, 1.82) is 0 Å². The molecule has 2 aliphatic rings. The van der Waals surface area contributed by atoms with Crippen molar-refractivity contribution in [1.82, 2.24) is 19.8 Å². The van der Waals surface area contributed by atoms with Crippen molar-refractivity contribution in [2.24, 2.45) is 0 Å². The number of carbonyl (C=O) groups is 2. The quantitative estimate of drug-likeness (QED) is 0.636. The zero-order valence-corrected chi connectivity index (χ0v) is 16.7. The minimum absolute atomic E-state index is 0.101. The van der Waals surface area contributed by atoms with E-state index in [2.05, 4.69) is 15.3 Å². The number of imide groups is 1. The van der Waals surface area contributed by atoms with Gasteiger partial charge in [0.2, 0.25) is 0 Å². The zero-order valence-electron chi connectivity index (χ0n) is 16.7. The van der Waals surface area contributed by atoms with Crippen molar-refractivity contribution >= 4 is 17.6 Å². The second-order valence-electron chi connectivity index (χ2n) is 7.71. The molecule has 1 atom stereocenters. The number of rotatable bonds is 4. The van der Waals surface area contributed by atoms with Gasteiger partial charge >= 0.3 is 6.03 Å². The van der Waals surface area contributed by atoms with Gasteiger partial charge in [-0.05, 0) is 29.8 Å². The molecule has 8 nitrogen and oxygen atoms in total. The number of phenols is 1. The Morgan fingerprint density at radius 1 is 1.06 bits per heavy atom. The fourth-order valence-electron chi connectivity index (χ4n) is 4.46. The molecule has 1 spiro atoms. The summed E-state index contributed by atoms with van der Waals surface area (Å²) in [6.45, 7) is 0.846. The molecule has 0 aliphatic carbocycles. The highest BCUT2D eigenvalue weighted by Gasteiger charge is 2.59. The van der Waals surface area contributed by atoms with Crippen LogP contribution in [0.25, 0.3) is 0 Å². The number of nitrogens with zero attached hydrogens (tertiary/aromatic N) is 4. The lowest BCUT2D eigenvalue weighted by atomic mass is 9.81. The lowest BCUT2D eigenvalue weighted by molar-refractivity contribution is -0.134. The van der Waals surface area contributed by atoms with Crippen LogP contribution in [-0.2, 0) is 23.4 Å². The molecule has 2 N–H and O–H groups in total. The maximum absolute atomic E-state index is 13.9. The van der Waals surface area contributed by atoms with E-state index in [1.165, 1.54) is 4.90 Å². The zero-order chi connectivity index (χ0) is 21.4. The highest BCUT2D eigenvalue weighted by atomic mass is 16.3. The molecule has 1 aromatic carbocycles. The van der Waals surface area contributed by atoms with Crippen molar-refractivity contribution in [3.63, 3.8) is 0 Å². The van der Waals surface area contributed by atoms with Crippen molar-refractivity contribution in [3.8, 4) is 5.75 Å². The number of anilines is 1. The Kier molecular flexibility index (Phi) is 4.54. The average molecular weight is 415 g/mol. The summed E-state index contributed by atoms with van der Waals surface area (Å²) in [4.78, 5) is 38.8. The Bertz CT molecular complexity index is 1140. The van der Waals surface area contributed by atoms with Gasteiger partial charge < -0.3 is 15.3 Å². The molecule has 0 saturated carbocycles. The fourth-order valence-corrected chi connectivity index (χ4v) is 4.46. The molecule has 2 aromatic heterocycles. The molecule has 1 unspecified atom stereocenters. The first-order valence-electron chi connectivity index (χ1n) is 10.1. The number of benzene rings is 1. The van der Waals surface area contributed by atoms with Crippen molar-refractivity contribution in [2.45, 2.75) is 25.0 Å². The van der Waals surface area contributed by atoms with Crippen molar-refractivity contribution in [3.05, 3.63) is 83.9 Å². The summed E-state index contributed by atoms with van der Waals surface area (Å²) < 4.78 is 0. The van der Waals surface area contributed by atoms with Gasteiger partial charge in [-0.1, -0.05) is 18.2 Å². The maximum Gasteiger partial charge on any atom is 0.328 e. The first-order chi connectivity index (χ1) is 15.1. The van der Waals surface area contributed by atoms with E-state index in [4.69, 9.17) is 0 Å². The van der Waals surface area contributed by atoms with E-state index in [1.807, 2.05) is 18.2 Å². The van der Waals surface area contributed by atoms with Crippen LogP contribution in [0.4, 0.5) is 10.5 Å². The number of hydrogen-bond acceptors (Lipinski definition) is 6. The molecular formula is C23H21N5O3. The Balaban J connectivity index is 1.62.